The van der Waals surface area contributed by atoms with Gasteiger partial charge in [0.05, 0.1) is 6.10 Å². The minimum Gasteiger partial charge on any atom is -0.391 e. The molecule has 0 spiro atoms. The van der Waals surface area contributed by atoms with Crippen LogP contribution in [0, 0.1) is 0 Å². The Balaban J connectivity index is 2.79. The molecule has 1 aliphatic heterocycles. The Labute approximate surface area is 89.8 Å². The SMILES string of the molecule is CO[C@]1(CO)O[C@H](CI)[C@@H](O)[C@@H]1O. The minimum absolute atomic E-state index is 0.477. The van der Waals surface area contributed by atoms with Crippen molar-refractivity contribution >= 4 is 22.6 Å². The van der Waals surface area contributed by atoms with Crippen LogP contribution < -0.4 is 0 Å². The third kappa shape index (κ3) is 1.83. The van der Waals surface area contributed by atoms with Crippen LogP contribution in [0.15, 0.2) is 0 Å². The lowest BCUT2D eigenvalue weighted by Gasteiger charge is -2.27. The number of hydrogen-bond donors (Lipinski definition) is 3. The Bertz CT molecular complexity index is 172. The van der Waals surface area contributed by atoms with E-state index in [9.17, 15) is 10.2 Å². The summed E-state index contributed by atoms with van der Waals surface area (Å²) in [6.07, 6.45) is -2.71. The molecule has 0 amide bonds. The predicted octanol–water partition coefficient (Wildman–Crippen LogP) is -1.12. The Morgan fingerprint density at radius 1 is 1.54 bits per heavy atom. The first-order chi connectivity index (χ1) is 6.11. The van der Waals surface area contributed by atoms with Gasteiger partial charge in [0.15, 0.2) is 0 Å². The molecular weight excluding hydrogens is 291 g/mol. The van der Waals surface area contributed by atoms with E-state index in [4.69, 9.17) is 14.6 Å². The second-order valence-corrected chi connectivity index (χ2v) is 3.80. The van der Waals surface area contributed by atoms with Crippen molar-refractivity contribution in [2.75, 3.05) is 18.1 Å². The third-order valence-corrected chi connectivity index (χ3v) is 3.09. The summed E-state index contributed by atoms with van der Waals surface area (Å²) in [6.45, 7) is -0.477. The van der Waals surface area contributed by atoms with E-state index in [1.54, 1.807) is 0 Å². The van der Waals surface area contributed by atoms with Crippen molar-refractivity contribution in [2.45, 2.75) is 24.1 Å². The number of methoxy groups -OCH3 is 1. The lowest BCUT2D eigenvalue weighted by atomic mass is 10.1. The lowest BCUT2D eigenvalue weighted by molar-refractivity contribution is -0.259. The molecule has 78 valence electrons. The van der Waals surface area contributed by atoms with Crippen molar-refractivity contribution in [3.63, 3.8) is 0 Å². The van der Waals surface area contributed by atoms with Crippen molar-refractivity contribution in [3.8, 4) is 0 Å². The molecule has 0 aliphatic carbocycles. The summed E-state index contributed by atoms with van der Waals surface area (Å²) in [5.41, 5.74) is 0. The molecule has 1 saturated heterocycles. The van der Waals surface area contributed by atoms with Crippen LogP contribution in [0.2, 0.25) is 0 Å². The molecule has 0 aromatic rings. The highest BCUT2D eigenvalue weighted by Crippen LogP contribution is 2.32. The van der Waals surface area contributed by atoms with E-state index in [1.165, 1.54) is 7.11 Å². The number of rotatable bonds is 3. The number of aliphatic hydroxyl groups excluding tert-OH is 3. The molecule has 0 radical (unpaired) electrons. The topological polar surface area (TPSA) is 79.2 Å². The van der Waals surface area contributed by atoms with Crippen LogP contribution in [-0.2, 0) is 9.47 Å². The molecule has 0 aromatic carbocycles. The van der Waals surface area contributed by atoms with Crippen molar-refractivity contribution in [2.24, 2.45) is 0 Å². The van der Waals surface area contributed by atoms with E-state index in [-0.39, 0.29) is 0 Å². The molecule has 5 nitrogen and oxygen atoms in total. The molecule has 0 aromatic heterocycles. The molecule has 1 aliphatic rings. The summed E-state index contributed by atoms with van der Waals surface area (Å²) in [5, 5.41) is 28.0. The van der Waals surface area contributed by atoms with E-state index in [0.717, 1.165) is 0 Å². The highest BCUT2D eigenvalue weighted by atomic mass is 127. The molecule has 0 bridgehead atoms. The normalized spacial score (nSPS) is 45.5. The number of alkyl halides is 1. The average Bonchev–Trinajstić information content (AvgIpc) is 2.42. The summed E-state index contributed by atoms with van der Waals surface area (Å²) in [6, 6.07) is 0. The zero-order chi connectivity index (χ0) is 10.1. The maximum Gasteiger partial charge on any atom is 0.221 e. The summed E-state index contributed by atoms with van der Waals surface area (Å²) in [5.74, 6) is -1.46. The number of halogens is 1. The van der Waals surface area contributed by atoms with Crippen LogP contribution >= 0.6 is 22.6 Å². The van der Waals surface area contributed by atoms with E-state index in [0.29, 0.717) is 4.43 Å². The smallest absolute Gasteiger partial charge is 0.221 e. The van der Waals surface area contributed by atoms with Gasteiger partial charge in [0.25, 0.3) is 0 Å². The minimum atomic E-state index is -1.46. The summed E-state index contributed by atoms with van der Waals surface area (Å²) in [4.78, 5) is 0. The van der Waals surface area contributed by atoms with Crippen molar-refractivity contribution in [1.29, 1.82) is 0 Å². The van der Waals surface area contributed by atoms with Crippen molar-refractivity contribution in [3.05, 3.63) is 0 Å². The fraction of sp³-hybridized carbons (Fsp3) is 1.00. The molecule has 1 fully saturated rings. The predicted molar refractivity (Wildman–Crippen MR) is 52.6 cm³/mol. The summed E-state index contributed by atoms with van der Waals surface area (Å²) < 4.78 is 10.6. The maximum absolute atomic E-state index is 9.55. The second-order valence-electron chi connectivity index (χ2n) is 2.92. The van der Waals surface area contributed by atoms with Crippen molar-refractivity contribution < 1.29 is 24.8 Å². The van der Waals surface area contributed by atoms with Crippen LogP contribution in [-0.4, -0.2) is 57.6 Å². The zero-order valence-electron chi connectivity index (χ0n) is 7.18. The van der Waals surface area contributed by atoms with Gasteiger partial charge in [-0.1, -0.05) is 22.6 Å². The Morgan fingerprint density at radius 2 is 2.15 bits per heavy atom. The zero-order valence-corrected chi connectivity index (χ0v) is 9.34. The highest BCUT2D eigenvalue weighted by molar-refractivity contribution is 14.1. The number of aliphatic hydroxyl groups is 3. The molecule has 13 heavy (non-hydrogen) atoms. The van der Waals surface area contributed by atoms with Crippen LogP contribution in [0.3, 0.4) is 0 Å². The Morgan fingerprint density at radius 3 is 2.38 bits per heavy atom. The van der Waals surface area contributed by atoms with E-state index < -0.39 is 30.7 Å². The van der Waals surface area contributed by atoms with Gasteiger partial charge in [0.1, 0.15) is 18.8 Å². The number of hydrogen-bond acceptors (Lipinski definition) is 5. The lowest BCUT2D eigenvalue weighted by Crippen LogP contribution is -2.47. The standard InChI is InChI=1S/C7H13IO5/c1-12-7(3-9)6(11)5(10)4(2-8)13-7/h4-6,9-11H,2-3H2,1H3/t4-,5-,6+,7-/m1/s1. The molecule has 3 N–H and O–H groups in total. The summed E-state index contributed by atoms with van der Waals surface area (Å²) >= 11 is 2.03. The fourth-order valence-corrected chi connectivity index (χ4v) is 2.05. The Kier molecular flexibility index (Phi) is 3.90. The molecule has 0 saturated carbocycles. The van der Waals surface area contributed by atoms with Gasteiger partial charge in [-0.3, -0.25) is 0 Å². The first-order valence-electron chi connectivity index (χ1n) is 3.87. The molecule has 1 rings (SSSR count). The van der Waals surface area contributed by atoms with E-state index in [2.05, 4.69) is 0 Å². The van der Waals surface area contributed by atoms with Gasteiger partial charge in [0.2, 0.25) is 5.79 Å². The first kappa shape index (κ1) is 11.6. The van der Waals surface area contributed by atoms with E-state index >= 15 is 0 Å². The quantitative estimate of drug-likeness (QED) is 0.455. The van der Waals surface area contributed by atoms with Gasteiger partial charge >= 0.3 is 0 Å². The van der Waals surface area contributed by atoms with Gasteiger partial charge in [-0.25, -0.2) is 0 Å². The van der Waals surface area contributed by atoms with Crippen LogP contribution in [0.5, 0.6) is 0 Å². The van der Waals surface area contributed by atoms with Gasteiger partial charge in [-0.2, -0.15) is 0 Å². The molecule has 1 heterocycles. The summed E-state index contributed by atoms with van der Waals surface area (Å²) in [7, 11) is 1.32. The maximum atomic E-state index is 9.55. The largest absolute Gasteiger partial charge is 0.391 e. The van der Waals surface area contributed by atoms with Crippen LogP contribution in [0.4, 0.5) is 0 Å². The highest BCUT2D eigenvalue weighted by Gasteiger charge is 2.54. The van der Waals surface area contributed by atoms with Gasteiger partial charge in [-0.05, 0) is 0 Å². The monoisotopic (exact) mass is 304 g/mol. The van der Waals surface area contributed by atoms with Gasteiger partial charge < -0.3 is 24.8 Å². The molecular formula is C7H13IO5. The molecule has 6 heteroatoms. The van der Waals surface area contributed by atoms with Crippen LogP contribution in [0.1, 0.15) is 0 Å². The first-order valence-corrected chi connectivity index (χ1v) is 5.39. The average molecular weight is 304 g/mol. The Hall–Kier alpha value is 0.530. The van der Waals surface area contributed by atoms with Gasteiger partial charge in [-0.15, -0.1) is 0 Å². The third-order valence-electron chi connectivity index (χ3n) is 2.22. The fourth-order valence-electron chi connectivity index (χ4n) is 1.35. The van der Waals surface area contributed by atoms with Gasteiger partial charge in [0, 0.05) is 11.5 Å². The molecule has 0 unspecified atom stereocenters. The second kappa shape index (κ2) is 4.37. The molecule has 4 atom stereocenters. The van der Waals surface area contributed by atoms with Crippen molar-refractivity contribution in [1.82, 2.24) is 0 Å². The number of ether oxygens (including phenoxy) is 2. The van der Waals surface area contributed by atoms with E-state index in [1.807, 2.05) is 22.6 Å². The van der Waals surface area contributed by atoms with Crippen LogP contribution in [0.25, 0.3) is 0 Å².